The highest BCUT2D eigenvalue weighted by Crippen LogP contribution is 2.35. The summed E-state index contributed by atoms with van der Waals surface area (Å²) in [5.74, 6) is -0.690. The van der Waals surface area contributed by atoms with E-state index in [2.05, 4.69) is 0 Å². The molecule has 0 saturated carbocycles. The van der Waals surface area contributed by atoms with Gasteiger partial charge in [-0.25, -0.2) is 0 Å². The molecule has 1 heterocycles. The Morgan fingerprint density at radius 1 is 1.50 bits per heavy atom. The molecule has 1 rings (SSSR count). The average molecular weight is 199 g/mol. The molecule has 0 radical (unpaired) electrons. The summed E-state index contributed by atoms with van der Waals surface area (Å²) in [7, 11) is -0.460. The number of carboxylic acids is 1. The van der Waals surface area contributed by atoms with Crippen LogP contribution in [0.5, 0.6) is 0 Å². The van der Waals surface area contributed by atoms with Crippen LogP contribution < -0.4 is 0 Å². The summed E-state index contributed by atoms with van der Waals surface area (Å²) >= 11 is 0. The third-order valence-electron chi connectivity index (χ3n) is 3.41. The molecule has 1 saturated heterocycles. The summed E-state index contributed by atoms with van der Waals surface area (Å²) in [4.78, 5) is 13.0. The van der Waals surface area contributed by atoms with Gasteiger partial charge < -0.3 is 14.9 Å². The Balaban J connectivity index is 2.59. The van der Waals surface area contributed by atoms with Crippen molar-refractivity contribution in [3.05, 3.63) is 0 Å². The Bertz CT molecular complexity index is 212. The largest absolute Gasteiger partial charge is 0.481 e. The third-order valence-corrected chi connectivity index (χ3v) is 3.41. The van der Waals surface area contributed by atoms with E-state index in [-0.39, 0.29) is 0 Å². The van der Waals surface area contributed by atoms with Crippen molar-refractivity contribution in [3.63, 3.8) is 0 Å². The van der Waals surface area contributed by atoms with Gasteiger partial charge in [0.15, 0.2) is 0 Å². The van der Waals surface area contributed by atoms with E-state index in [1.807, 2.05) is 11.7 Å². The Morgan fingerprint density at radius 3 is 2.29 bits per heavy atom. The van der Waals surface area contributed by atoms with E-state index in [0.717, 1.165) is 0 Å². The van der Waals surface area contributed by atoms with Crippen molar-refractivity contribution in [2.75, 3.05) is 13.1 Å². The molecular weight excluding hydrogens is 181 g/mol. The molecule has 1 fully saturated rings. The predicted molar refractivity (Wildman–Crippen MR) is 55.0 cm³/mol. The smallest absolute Gasteiger partial charge is 0.376 e. The van der Waals surface area contributed by atoms with Gasteiger partial charge in [-0.15, -0.1) is 0 Å². The quantitative estimate of drug-likeness (QED) is 0.656. The van der Waals surface area contributed by atoms with Crippen molar-refractivity contribution in [2.24, 2.45) is 5.41 Å². The normalized spacial score (nSPS) is 21.9. The highest BCUT2D eigenvalue weighted by molar-refractivity contribution is 6.45. The van der Waals surface area contributed by atoms with Crippen LogP contribution >= 0.6 is 0 Å². The minimum absolute atomic E-state index is 0.460. The Morgan fingerprint density at radius 2 is 2.00 bits per heavy atom. The number of aliphatic carboxylic acids is 1. The maximum atomic E-state index is 11.1. The van der Waals surface area contributed by atoms with Gasteiger partial charge in [-0.1, -0.05) is 6.92 Å². The molecule has 1 aliphatic heterocycles. The molecule has 0 unspecified atom stereocenters. The van der Waals surface area contributed by atoms with Gasteiger partial charge in [-0.2, -0.15) is 0 Å². The molecule has 4 nitrogen and oxygen atoms in total. The highest BCUT2D eigenvalue weighted by atomic mass is 16.4. The van der Waals surface area contributed by atoms with Gasteiger partial charge in [0.2, 0.25) is 0 Å². The number of piperidine rings is 1. The lowest BCUT2D eigenvalue weighted by Crippen LogP contribution is -2.48. The number of carbonyl (C=O) groups is 1. The second-order valence-electron chi connectivity index (χ2n) is 4.11. The summed E-state index contributed by atoms with van der Waals surface area (Å²) in [5.41, 5.74) is -0.550. The molecule has 1 aliphatic rings. The number of hydrogen-bond acceptors (Lipinski definition) is 3. The van der Waals surface area contributed by atoms with Crippen molar-refractivity contribution in [2.45, 2.75) is 33.0 Å². The summed E-state index contributed by atoms with van der Waals surface area (Å²) < 4.78 is 0. The third kappa shape index (κ3) is 2.09. The molecule has 14 heavy (non-hydrogen) atoms. The molecule has 0 atom stereocenters. The number of carboxylic acid groups (broad SMARTS) is 1. The van der Waals surface area contributed by atoms with Crippen LogP contribution in [-0.2, 0) is 4.79 Å². The molecule has 2 N–H and O–H groups in total. The average Bonchev–Trinajstić information content (AvgIpc) is 2.17. The highest BCUT2D eigenvalue weighted by Gasteiger charge is 2.40. The first-order chi connectivity index (χ1) is 6.52. The van der Waals surface area contributed by atoms with E-state index in [4.69, 9.17) is 5.11 Å². The first-order valence-electron chi connectivity index (χ1n) is 5.17. The lowest BCUT2D eigenvalue weighted by atomic mass is 9.72. The Labute approximate surface area is 85.0 Å². The Hall–Kier alpha value is -0.545. The molecule has 80 valence electrons. The van der Waals surface area contributed by atoms with Crippen molar-refractivity contribution in [3.8, 4) is 0 Å². The standard InChI is InChI=1S/C9H18BNO3/c1-3-9(8(12)13)4-6-11(7-5-9)10(2)14/h14H,3-7H2,1-2H3,(H,12,13). The minimum atomic E-state index is -0.690. The first-order valence-corrected chi connectivity index (χ1v) is 5.17. The fourth-order valence-electron chi connectivity index (χ4n) is 2.04. The number of rotatable bonds is 3. The summed E-state index contributed by atoms with van der Waals surface area (Å²) in [6.07, 6.45) is 1.96. The van der Waals surface area contributed by atoms with Gasteiger partial charge in [-0.3, -0.25) is 4.79 Å². The van der Waals surface area contributed by atoms with E-state index in [0.29, 0.717) is 32.4 Å². The molecule has 0 aromatic carbocycles. The molecule has 0 amide bonds. The van der Waals surface area contributed by atoms with Crippen molar-refractivity contribution in [1.82, 2.24) is 4.81 Å². The van der Waals surface area contributed by atoms with Gasteiger partial charge >= 0.3 is 13.0 Å². The van der Waals surface area contributed by atoms with Gasteiger partial charge in [0.1, 0.15) is 0 Å². The van der Waals surface area contributed by atoms with Gasteiger partial charge in [0.25, 0.3) is 0 Å². The lowest BCUT2D eigenvalue weighted by molar-refractivity contribution is -0.151. The summed E-state index contributed by atoms with van der Waals surface area (Å²) in [6, 6.07) is 0. The van der Waals surface area contributed by atoms with Crippen LogP contribution in [0.2, 0.25) is 6.82 Å². The zero-order chi connectivity index (χ0) is 10.8. The Kier molecular flexibility index (Phi) is 3.56. The summed E-state index contributed by atoms with van der Waals surface area (Å²) in [5, 5.41) is 18.5. The monoisotopic (exact) mass is 199 g/mol. The molecule has 0 aromatic rings. The molecule has 0 bridgehead atoms. The fourth-order valence-corrected chi connectivity index (χ4v) is 2.04. The molecule has 0 aromatic heterocycles. The fraction of sp³-hybridized carbons (Fsp3) is 0.889. The van der Waals surface area contributed by atoms with Crippen LogP contribution in [0.25, 0.3) is 0 Å². The van der Waals surface area contributed by atoms with Crippen LogP contribution in [0.15, 0.2) is 0 Å². The number of nitrogens with zero attached hydrogens (tertiary/aromatic N) is 1. The lowest BCUT2D eigenvalue weighted by Gasteiger charge is -2.38. The zero-order valence-corrected chi connectivity index (χ0v) is 8.86. The molecule has 0 aliphatic carbocycles. The second-order valence-corrected chi connectivity index (χ2v) is 4.11. The molecular formula is C9H18BNO3. The molecule has 0 spiro atoms. The minimum Gasteiger partial charge on any atom is -0.481 e. The van der Waals surface area contributed by atoms with Crippen LogP contribution in [0.4, 0.5) is 0 Å². The van der Waals surface area contributed by atoms with E-state index >= 15 is 0 Å². The van der Waals surface area contributed by atoms with Crippen molar-refractivity contribution < 1.29 is 14.9 Å². The topological polar surface area (TPSA) is 60.8 Å². The predicted octanol–water partition coefficient (Wildman–Crippen LogP) is 0.673. The van der Waals surface area contributed by atoms with Crippen molar-refractivity contribution >= 4 is 13.0 Å². The second kappa shape index (κ2) is 4.32. The zero-order valence-electron chi connectivity index (χ0n) is 8.86. The molecule has 5 heteroatoms. The van der Waals surface area contributed by atoms with Crippen LogP contribution in [0.1, 0.15) is 26.2 Å². The van der Waals surface area contributed by atoms with Crippen molar-refractivity contribution in [1.29, 1.82) is 0 Å². The maximum Gasteiger partial charge on any atom is 0.376 e. The maximum absolute atomic E-state index is 11.1. The van der Waals surface area contributed by atoms with E-state index in [1.54, 1.807) is 6.82 Å². The van der Waals surface area contributed by atoms with Gasteiger partial charge in [-0.05, 0) is 39.2 Å². The van der Waals surface area contributed by atoms with E-state index in [1.165, 1.54) is 0 Å². The van der Waals surface area contributed by atoms with Crippen LogP contribution in [0.3, 0.4) is 0 Å². The first kappa shape index (κ1) is 11.5. The summed E-state index contributed by atoms with van der Waals surface area (Å²) in [6.45, 7) is 5.00. The van der Waals surface area contributed by atoms with E-state index < -0.39 is 18.4 Å². The number of hydrogen-bond donors (Lipinski definition) is 2. The van der Waals surface area contributed by atoms with Gasteiger partial charge in [0.05, 0.1) is 5.41 Å². The van der Waals surface area contributed by atoms with Crippen LogP contribution in [0, 0.1) is 5.41 Å². The van der Waals surface area contributed by atoms with Crippen LogP contribution in [-0.4, -0.2) is 41.1 Å². The van der Waals surface area contributed by atoms with E-state index in [9.17, 15) is 9.82 Å². The van der Waals surface area contributed by atoms with Gasteiger partial charge in [0, 0.05) is 0 Å². The SMILES string of the molecule is CCC1(C(=O)O)CCN(B(C)O)CC1.